The Morgan fingerprint density at radius 3 is 2.43 bits per heavy atom. The summed E-state index contributed by atoms with van der Waals surface area (Å²) < 4.78 is 0. The van der Waals surface area contributed by atoms with Gasteiger partial charge in [0.05, 0.1) is 28.6 Å². The van der Waals surface area contributed by atoms with Crippen LogP contribution in [0.15, 0.2) is 72.8 Å². The predicted molar refractivity (Wildman–Crippen MR) is 120 cm³/mol. The summed E-state index contributed by atoms with van der Waals surface area (Å²) in [6, 6.07) is 25.4. The average Bonchev–Trinajstić information content (AvgIpc) is 3.08. The number of carbonyl (C=O) groups excluding carboxylic acids is 1. The van der Waals surface area contributed by atoms with Crippen LogP contribution in [0.4, 0.5) is 11.4 Å². The zero-order valence-corrected chi connectivity index (χ0v) is 16.9. The molecule has 0 fully saturated rings. The van der Waals surface area contributed by atoms with E-state index in [4.69, 9.17) is 5.26 Å². The van der Waals surface area contributed by atoms with Crippen molar-refractivity contribution in [2.75, 3.05) is 24.7 Å². The number of carbonyl (C=O) groups is 1. The van der Waals surface area contributed by atoms with Gasteiger partial charge in [0.15, 0.2) is 0 Å². The smallest absolute Gasteiger partial charge is 0.258 e. The first-order chi connectivity index (χ1) is 14.5. The number of amides is 1. The van der Waals surface area contributed by atoms with Gasteiger partial charge < -0.3 is 15.5 Å². The van der Waals surface area contributed by atoms with Gasteiger partial charge in [-0.1, -0.05) is 48.5 Å². The first-order valence-electron chi connectivity index (χ1n) is 9.71. The molecule has 0 unspecified atom stereocenters. The highest BCUT2D eigenvalue weighted by Gasteiger charge is 2.28. The van der Waals surface area contributed by atoms with Crippen molar-refractivity contribution in [3.63, 3.8) is 0 Å². The van der Waals surface area contributed by atoms with E-state index in [9.17, 15) is 4.79 Å². The minimum Gasteiger partial charge on any atom is -0.354 e. The van der Waals surface area contributed by atoms with Crippen molar-refractivity contribution in [2.24, 2.45) is 0 Å². The number of hydrogen-bond donors (Lipinski definition) is 2. The molecule has 1 heterocycles. The van der Waals surface area contributed by atoms with Gasteiger partial charge in [0.25, 0.3) is 5.91 Å². The topological polar surface area (TPSA) is 68.2 Å². The quantitative estimate of drug-likeness (QED) is 0.623. The number of rotatable bonds is 5. The van der Waals surface area contributed by atoms with Crippen LogP contribution in [-0.2, 0) is 11.3 Å². The average molecular weight is 394 g/mol. The van der Waals surface area contributed by atoms with E-state index in [-0.39, 0.29) is 5.91 Å². The Bertz CT molecular complexity index is 1160. The Hall–Kier alpha value is -3.88. The Morgan fingerprint density at radius 2 is 1.77 bits per heavy atom. The zero-order chi connectivity index (χ0) is 21.1. The summed E-state index contributed by atoms with van der Waals surface area (Å²) in [6.07, 6.45) is 0. The van der Waals surface area contributed by atoms with E-state index in [0.29, 0.717) is 16.8 Å². The van der Waals surface area contributed by atoms with Gasteiger partial charge >= 0.3 is 0 Å². The van der Waals surface area contributed by atoms with Crippen LogP contribution >= 0.6 is 0 Å². The third kappa shape index (κ3) is 3.95. The molecule has 0 atom stereocenters. The summed E-state index contributed by atoms with van der Waals surface area (Å²) in [4.78, 5) is 15.0. The molecule has 2 N–H and O–H groups in total. The number of benzene rings is 3. The minimum absolute atomic E-state index is 0.185. The number of fused-ring (bicyclic) bond motifs is 1. The molecule has 0 bridgehead atoms. The van der Waals surface area contributed by atoms with Gasteiger partial charge in [-0.05, 0) is 49.5 Å². The largest absolute Gasteiger partial charge is 0.354 e. The van der Waals surface area contributed by atoms with Gasteiger partial charge in [-0.2, -0.15) is 5.26 Å². The van der Waals surface area contributed by atoms with Gasteiger partial charge in [-0.25, -0.2) is 0 Å². The zero-order valence-electron chi connectivity index (χ0n) is 16.9. The summed E-state index contributed by atoms with van der Waals surface area (Å²) in [5, 5.41) is 15.5. The Labute approximate surface area is 176 Å². The van der Waals surface area contributed by atoms with Crippen LogP contribution in [0.1, 0.15) is 22.3 Å². The fraction of sp³-hybridized carbons (Fsp3) is 0.120. The fourth-order valence-corrected chi connectivity index (χ4v) is 3.58. The second kappa shape index (κ2) is 8.24. The highest BCUT2D eigenvalue weighted by molar-refractivity contribution is 6.37. The Balaban J connectivity index is 1.79. The van der Waals surface area contributed by atoms with E-state index in [1.165, 1.54) is 5.56 Å². The van der Waals surface area contributed by atoms with Crippen LogP contribution in [0.2, 0.25) is 0 Å². The first-order valence-corrected chi connectivity index (χ1v) is 9.71. The number of anilines is 2. The van der Waals surface area contributed by atoms with Crippen molar-refractivity contribution < 1.29 is 4.79 Å². The number of hydrogen-bond acceptors (Lipinski definition) is 4. The van der Waals surface area contributed by atoms with E-state index in [0.717, 1.165) is 29.1 Å². The van der Waals surface area contributed by atoms with Crippen LogP contribution in [-0.4, -0.2) is 24.9 Å². The molecule has 3 aromatic carbocycles. The maximum absolute atomic E-state index is 12.9. The van der Waals surface area contributed by atoms with Gasteiger partial charge in [-0.3, -0.25) is 4.79 Å². The van der Waals surface area contributed by atoms with Crippen LogP contribution in [0.5, 0.6) is 0 Å². The Morgan fingerprint density at radius 1 is 1.03 bits per heavy atom. The molecule has 0 aliphatic carbocycles. The lowest BCUT2D eigenvalue weighted by molar-refractivity contribution is -0.110. The molecule has 5 heteroatoms. The maximum Gasteiger partial charge on any atom is 0.258 e. The molecule has 30 heavy (non-hydrogen) atoms. The normalized spacial score (nSPS) is 14.1. The van der Waals surface area contributed by atoms with Crippen molar-refractivity contribution in [3.05, 3.63) is 95.1 Å². The minimum atomic E-state index is -0.185. The van der Waals surface area contributed by atoms with Crippen molar-refractivity contribution >= 4 is 28.6 Å². The molecule has 1 amide bonds. The van der Waals surface area contributed by atoms with Crippen molar-refractivity contribution in [2.45, 2.75) is 6.54 Å². The van der Waals surface area contributed by atoms with Crippen LogP contribution in [0.25, 0.3) is 11.3 Å². The molecule has 0 saturated heterocycles. The maximum atomic E-state index is 12.9. The highest BCUT2D eigenvalue weighted by Crippen LogP contribution is 2.38. The van der Waals surface area contributed by atoms with Gasteiger partial charge in [0.2, 0.25) is 0 Å². The van der Waals surface area contributed by atoms with Crippen molar-refractivity contribution in [3.8, 4) is 6.07 Å². The highest BCUT2D eigenvalue weighted by atomic mass is 16.2. The second-order valence-corrected chi connectivity index (χ2v) is 7.50. The van der Waals surface area contributed by atoms with E-state index >= 15 is 0 Å². The first kappa shape index (κ1) is 19.4. The monoisotopic (exact) mass is 394 g/mol. The third-order valence-corrected chi connectivity index (χ3v) is 4.93. The number of nitrogens with one attached hydrogen (secondary N) is 2. The molecule has 0 spiro atoms. The molecule has 0 aromatic heterocycles. The summed E-state index contributed by atoms with van der Waals surface area (Å²) >= 11 is 0. The molecular weight excluding hydrogens is 372 g/mol. The summed E-state index contributed by atoms with van der Waals surface area (Å²) in [5.74, 6) is -0.185. The van der Waals surface area contributed by atoms with E-state index in [2.05, 4.69) is 33.7 Å². The molecule has 1 aliphatic heterocycles. The van der Waals surface area contributed by atoms with Crippen LogP contribution in [0.3, 0.4) is 0 Å². The van der Waals surface area contributed by atoms with E-state index in [1.807, 2.05) is 62.6 Å². The molecule has 4 rings (SSSR count). The number of nitrogens with zero attached hydrogens (tertiary/aromatic N) is 2. The lowest BCUT2D eigenvalue weighted by atomic mass is 9.99. The van der Waals surface area contributed by atoms with E-state index < -0.39 is 0 Å². The van der Waals surface area contributed by atoms with Gasteiger partial charge in [0, 0.05) is 17.8 Å². The molecule has 1 aliphatic rings. The van der Waals surface area contributed by atoms with Crippen LogP contribution < -0.4 is 10.6 Å². The Kier molecular flexibility index (Phi) is 5.34. The molecular formula is C25H22N4O. The fourth-order valence-electron chi connectivity index (χ4n) is 3.58. The SMILES string of the molecule is CN(C)Cc1ccc(N/C(=C2\C(=O)Nc3cc(C#N)ccc32)c2ccccc2)cc1. The standard InChI is InChI=1S/C25H22N4O/c1-29(2)16-17-8-11-20(12-9-17)27-24(19-6-4-3-5-7-19)23-21-13-10-18(15-26)14-22(21)28-25(23)30/h3-14,27H,16H2,1-2H3,(H,28,30)/b24-23-. The summed E-state index contributed by atoms with van der Waals surface area (Å²) in [7, 11) is 4.08. The summed E-state index contributed by atoms with van der Waals surface area (Å²) in [6.45, 7) is 0.865. The van der Waals surface area contributed by atoms with Gasteiger partial charge in [-0.15, -0.1) is 0 Å². The van der Waals surface area contributed by atoms with Crippen molar-refractivity contribution in [1.82, 2.24) is 4.90 Å². The lowest BCUT2D eigenvalue weighted by Gasteiger charge is -2.16. The molecule has 3 aromatic rings. The molecule has 0 saturated carbocycles. The lowest BCUT2D eigenvalue weighted by Crippen LogP contribution is -2.11. The predicted octanol–water partition coefficient (Wildman–Crippen LogP) is 4.55. The molecule has 148 valence electrons. The second-order valence-electron chi connectivity index (χ2n) is 7.50. The summed E-state index contributed by atoms with van der Waals surface area (Å²) in [5.41, 5.74) is 6.29. The van der Waals surface area contributed by atoms with Crippen molar-refractivity contribution in [1.29, 1.82) is 5.26 Å². The number of nitriles is 1. The molecule has 5 nitrogen and oxygen atoms in total. The van der Waals surface area contributed by atoms with Crippen LogP contribution in [0, 0.1) is 11.3 Å². The van der Waals surface area contributed by atoms with Gasteiger partial charge in [0.1, 0.15) is 0 Å². The molecule has 0 radical (unpaired) electrons. The third-order valence-electron chi connectivity index (χ3n) is 4.93. The van der Waals surface area contributed by atoms with E-state index in [1.54, 1.807) is 12.1 Å².